The average molecular weight is 549 g/mol. The number of nitrogens with one attached hydrogen (secondary N) is 1. The number of ether oxygens (including phenoxy) is 1. The molecule has 2 aromatic carbocycles. The third-order valence-electron chi connectivity index (χ3n) is 4.60. The van der Waals surface area contributed by atoms with E-state index in [-0.39, 0.29) is 16.1 Å². The highest BCUT2D eigenvalue weighted by molar-refractivity contribution is 7.92. The van der Waals surface area contributed by atoms with Gasteiger partial charge in [0.1, 0.15) is 5.75 Å². The average Bonchev–Trinajstić information content (AvgIpc) is 2.77. The summed E-state index contributed by atoms with van der Waals surface area (Å²) in [5.41, 5.74) is 0.838. The topological polar surface area (TPSA) is 133 Å². The Morgan fingerprint density at radius 2 is 1.46 bits per heavy atom. The van der Waals surface area contributed by atoms with E-state index in [1.807, 2.05) is 4.90 Å². The van der Waals surface area contributed by atoms with Gasteiger partial charge in [0, 0.05) is 18.8 Å². The lowest BCUT2D eigenvalue weighted by molar-refractivity contribution is -0.192. The van der Waals surface area contributed by atoms with E-state index in [9.17, 15) is 31.5 Å². The summed E-state index contributed by atoms with van der Waals surface area (Å²) < 4.78 is 64.6. The highest BCUT2D eigenvalue weighted by Crippen LogP contribution is 2.28. The molecule has 0 saturated carbocycles. The second-order valence-electron chi connectivity index (χ2n) is 8.81. The van der Waals surface area contributed by atoms with Gasteiger partial charge in [0.05, 0.1) is 23.3 Å². The molecular weight excluding hydrogens is 517 g/mol. The van der Waals surface area contributed by atoms with Gasteiger partial charge in [0.25, 0.3) is 10.0 Å². The van der Waals surface area contributed by atoms with Gasteiger partial charge in [-0.3, -0.25) is 4.72 Å². The normalized spacial score (nSPS) is 11.5. The number of halogens is 3. The number of carboxylic acid groups (broad SMARTS) is 2. The van der Waals surface area contributed by atoms with E-state index >= 15 is 0 Å². The largest absolute Gasteiger partial charge is 0.497 e. The number of aromatic carboxylic acids is 1. The molecule has 37 heavy (non-hydrogen) atoms. The maximum Gasteiger partial charge on any atom is 0.490 e. The number of benzene rings is 2. The van der Waals surface area contributed by atoms with Crippen LogP contribution in [0.5, 0.6) is 5.75 Å². The first-order valence-electron chi connectivity index (χ1n) is 11.1. The minimum Gasteiger partial charge on any atom is -0.497 e. The molecular formula is C24H31F3N2O7S. The summed E-state index contributed by atoms with van der Waals surface area (Å²) in [6, 6.07) is 10.6. The van der Waals surface area contributed by atoms with Crippen molar-refractivity contribution in [3.63, 3.8) is 0 Å². The number of hydrogen-bond acceptors (Lipinski definition) is 6. The first-order valence-corrected chi connectivity index (χ1v) is 12.6. The molecule has 206 valence electrons. The predicted molar refractivity (Wildman–Crippen MR) is 133 cm³/mol. The fraction of sp³-hybridized carbons (Fsp3) is 0.417. The second-order valence-corrected chi connectivity index (χ2v) is 10.5. The molecule has 0 bridgehead atoms. The smallest absolute Gasteiger partial charge is 0.490 e. The van der Waals surface area contributed by atoms with E-state index in [1.165, 1.54) is 25.3 Å². The summed E-state index contributed by atoms with van der Waals surface area (Å²) in [7, 11) is -2.37. The predicted octanol–water partition coefficient (Wildman–Crippen LogP) is 4.95. The van der Waals surface area contributed by atoms with E-state index < -0.39 is 28.1 Å². The number of aliphatic carboxylic acids is 1. The van der Waals surface area contributed by atoms with Crippen molar-refractivity contribution in [2.75, 3.05) is 29.8 Å². The Hall–Kier alpha value is -3.48. The summed E-state index contributed by atoms with van der Waals surface area (Å²) in [5.74, 6) is -2.63. The second kappa shape index (κ2) is 13.2. The lowest BCUT2D eigenvalue weighted by Gasteiger charge is -2.30. The Bertz CT molecular complexity index is 1160. The lowest BCUT2D eigenvalue weighted by atomic mass is 10.1. The van der Waals surface area contributed by atoms with Crippen LogP contribution in [0.1, 0.15) is 38.1 Å². The van der Waals surface area contributed by atoms with Gasteiger partial charge in [0.2, 0.25) is 0 Å². The van der Waals surface area contributed by atoms with Gasteiger partial charge in [0.15, 0.2) is 0 Å². The maximum atomic E-state index is 12.7. The molecule has 9 nitrogen and oxygen atoms in total. The van der Waals surface area contributed by atoms with E-state index in [1.54, 1.807) is 24.3 Å². The zero-order valence-corrected chi connectivity index (χ0v) is 21.9. The third kappa shape index (κ3) is 10.2. The Balaban J connectivity index is 0.000000856. The fourth-order valence-electron chi connectivity index (χ4n) is 3.17. The van der Waals surface area contributed by atoms with Gasteiger partial charge in [-0.2, -0.15) is 13.2 Å². The van der Waals surface area contributed by atoms with Gasteiger partial charge in [-0.05, 0) is 54.3 Å². The number of hydrogen-bond donors (Lipinski definition) is 3. The first kappa shape index (κ1) is 31.5. The van der Waals surface area contributed by atoms with Crippen LogP contribution in [0, 0.1) is 11.8 Å². The number of rotatable bonds is 10. The van der Waals surface area contributed by atoms with Gasteiger partial charge in [-0.1, -0.05) is 27.7 Å². The van der Waals surface area contributed by atoms with Crippen molar-refractivity contribution in [2.45, 2.75) is 38.8 Å². The van der Waals surface area contributed by atoms with E-state index in [2.05, 4.69) is 32.4 Å². The molecule has 0 aromatic heterocycles. The summed E-state index contributed by atoms with van der Waals surface area (Å²) in [6.07, 6.45) is -5.08. The van der Waals surface area contributed by atoms with Crippen LogP contribution < -0.4 is 14.4 Å². The third-order valence-corrected chi connectivity index (χ3v) is 6.00. The van der Waals surface area contributed by atoms with Crippen molar-refractivity contribution in [2.24, 2.45) is 11.8 Å². The molecule has 0 aliphatic carbocycles. The van der Waals surface area contributed by atoms with Crippen LogP contribution in [0.15, 0.2) is 47.4 Å². The Morgan fingerprint density at radius 1 is 0.973 bits per heavy atom. The van der Waals surface area contributed by atoms with E-state index in [4.69, 9.17) is 14.6 Å². The minimum absolute atomic E-state index is 0.0606. The van der Waals surface area contributed by atoms with Gasteiger partial charge >= 0.3 is 18.1 Å². The Labute approximate surface area is 213 Å². The van der Waals surface area contributed by atoms with Crippen LogP contribution in [-0.2, 0) is 14.8 Å². The summed E-state index contributed by atoms with van der Waals surface area (Å²) in [4.78, 5) is 22.9. The molecule has 0 heterocycles. The molecule has 0 fully saturated rings. The van der Waals surface area contributed by atoms with Crippen LogP contribution in [0.25, 0.3) is 0 Å². The molecule has 0 unspecified atom stereocenters. The highest BCUT2D eigenvalue weighted by Gasteiger charge is 2.38. The molecule has 0 saturated heterocycles. The molecule has 2 rings (SSSR count). The molecule has 0 amide bonds. The van der Waals surface area contributed by atoms with Crippen molar-refractivity contribution in [1.82, 2.24) is 0 Å². The Morgan fingerprint density at radius 3 is 1.84 bits per heavy atom. The highest BCUT2D eigenvalue weighted by atomic mass is 32.2. The quantitative estimate of drug-likeness (QED) is 0.380. The van der Waals surface area contributed by atoms with Crippen LogP contribution in [0.4, 0.5) is 24.5 Å². The number of alkyl halides is 3. The van der Waals surface area contributed by atoms with E-state index in [0.29, 0.717) is 36.4 Å². The number of carboxylic acids is 2. The van der Waals surface area contributed by atoms with Crippen molar-refractivity contribution >= 4 is 33.3 Å². The lowest BCUT2D eigenvalue weighted by Crippen LogP contribution is -2.32. The molecule has 0 radical (unpaired) electrons. The van der Waals surface area contributed by atoms with Crippen molar-refractivity contribution in [1.29, 1.82) is 0 Å². The van der Waals surface area contributed by atoms with E-state index in [0.717, 1.165) is 0 Å². The molecule has 13 heteroatoms. The van der Waals surface area contributed by atoms with Gasteiger partial charge in [-0.15, -0.1) is 0 Å². The maximum absolute atomic E-state index is 12.7. The zero-order valence-electron chi connectivity index (χ0n) is 21.0. The SMILES string of the molecule is COc1ccc(S(=O)(=O)Nc2ccc(N(CC(C)C)CC(C)C)c(C(=O)O)c2)cc1.O=C(O)C(F)(F)F. The van der Waals surface area contributed by atoms with Gasteiger partial charge in [-0.25, -0.2) is 18.0 Å². The molecule has 0 aliphatic heterocycles. The van der Waals surface area contributed by atoms with Crippen molar-refractivity contribution in [3.05, 3.63) is 48.0 Å². The van der Waals surface area contributed by atoms with Crippen LogP contribution in [-0.4, -0.2) is 56.9 Å². The summed E-state index contributed by atoms with van der Waals surface area (Å²) in [6.45, 7) is 9.71. The van der Waals surface area contributed by atoms with Crippen molar-refractivity contribution in [3.8, 4) is 5.75 Å². The number of nitrogens with zero attached hydrogens (tertiary/aromatic N) is 1. The molecule has 0 atom stereocenters. The number of sulfonamides is 1. The van der Waals surface area contributed by atoms with Crippen LogP contribution >= 0.6 is 0 Å². The monoisotopic (exact) mass is 548 g/mol. The molecule has 0 aliphatic rings. The first-order chi connectivity index (χ1) is 17.0. The standard InChI is InChI=1S/C22H30N2O5S.C2HF3O2/c1-15(2)13-24(14-16(3)4)21-11-6-17(12-20(21)22(25)26)23-30(27,28)19-9-7-18(29-5)8-10-19;3-2(4,5)1(6)7/h6-12,15-16,23H,13-14H2,1-5H3,(H,25,26);(H,6,7). The number of methoxy groups -OCH3 is 1. The van der Waals surface area contributed by atoms with Crippen LogP contribution in [0.3, 0.4) is 0 Å². The number of anilines is 2. The van der Waals surface area contributed by atoms with Crippen molar-refractivity contribution < 1.29 is 46.1 Å². The molecule has 3 N–H and O–H groups in total. The number of carbonyl (C=O) groups is 2. The van der Waals surface area contributed by atoms with Crippen LogP contribution in [0.2, 0.25) is 0 Å². The van der Waals surface area contributed by atoms with Gasteiger partial charge < -0.3 is 19.8 Å². The molecule has 0 spiro atoms. The zero-order chi connectivity index (χ0) is 28.6. The summed E-state index contributed by atoms with van der Waals surface area (Å²) in [5, 5.41) is 16.9. The summed E-state index contributed by atoms with van der Waals surface area (Å²) >= 11 is 0. The minimum atomic E-state index is -5.08. The Kier molecular flexibility index (Phi) is 11.2. The fourth-order valence-corrected chi connectivity index (χ4v) is 4.22. The molecule has 2 aromatic rings.